The van der Waals surface area contributed by atoms with E-state index in [2.05, 4.69) is 0 Å². The molecule has 3 nitrogen and oxygen atoms in total. The van der Waals surface area contributed by atoms with Gasteiger partial charge in [0.05, 0.1) is 11.1 Å². The molecule has 0 aliphatic heterocycles. The zero-order valence-corrected chi connectivity index (χ0v) is 12.0. The Labute approximate surface area is 128 Å². The molecule has 1 rings (SSSR count). The molecule has 1 aromatic carbocycles. The van der Waals surface area contributed by atoms with Crippen LogP contribution in [0.2, 0.25) is 0 Å². The van der Waals surface area contributed by atoms with Crippen molar-refractivity contribution in [2.24, 2.45) is 5.73 Å². The monoisotopic (exact) mass is 343 g/mol. The number of nitrogens with two attached hydrogens (primary N) is 1. The molecule has 0 radical (unpaired) electrons. The fourth-order valence-electron chi connectivity index (χ4n) is 2.38. The van der Waals surface area contributed by atoms with Gasteiger partial charge >= 0.3 is 18.3 Å². The number of carbonyl (C=O) groups is 1. The summed E-state index contributed by atoms with van der Waals surface area (Å²) in [6.07, 6.45) is -10.8. The van der Waals surface area contributed by atoms with Gasteiger partial charge in [-0.3, -0.25) is 4.79 Å². The van der Waals surface area contributed by atoms with Crippen molar-refractivity contribution in [3.63, 3.8) is 0 Å². The zero-order valence-electron chi connectivity index (χ0n) is 12.0. The van der Waals surface area contributed by atoms with Crippen LogP contribution in [0.15, 0.2) is 18.2 Å². The first-order valence-electron chi connectivity index (χ1n) is 6.65. The maximum Gasteiger partial charge on any atom is 0.417 e. The lowest BCUT2D eigenvalue weighted by atomic mass is 9.85. The molecular formula is C14H15F6NO2. The van der Waals surface area contributed by atoms with Gasteiger partial charge in [0.2, 0.25) is 0 Å². The summed E-state index contributed by atoms with van der Waals surface area (Å²) < 4.78 is 78.2. The molecule has 0 saturated carbocycles. The fraction of sp³-hybridized carbons (Fsp3) is 0.500. The van der Waals surface area contributed by atoms with Crippen molar-refractivity contribution < 1.29 is 36.2 Å². The molecule has 2 atom stereocenters. The van der Waals surface area contributed by atoms with Crippen LogP contribution >= 0.6 is 0 Å². The second-order valence-corrected chi connectivity index (χ2v) is 5.05. The Morgan fingerprint density at radius 3 is 2.13 bits per heavy atom. The molecule has 0 aliphatic carbocycles. The summed E-state index contributed by atoms with van der Waals surface area (Å²) in [5.74, 6) is -2.48. The Balaban J connectivity index is 3.48. The molecule has 3 N–H and O–H groups in total. The number of halogens is 6. The van der Waals surface area contributed by atoms with E-state index in [0.29, 0.717) is 6.07 Å². The lowest BCUT2D eigenvalue weighted by Gasteiger charge is -2.25. The second-order valence-electron chi connectivity index (χ2n) is 5.05. The third kappa shape index (κ3) is 4.60. The molecule has 0 fully saturated rings. The Bertz CT molecular complexity index is 567. The average molecular weight is 343 g/mol. The maximum atomic E-state index is 13.2. The predicted molar refractivity (Wildman–Crippen MR) is 69.7 cm³/mol. The van der Waals surface area contributed by atoms with Gasteiger partial charge in [-0.25, -0.2) is 0 Å². The normalized spacial score (nSPS) is 15.3. The highest BCUT2D eigenvalue weighted by Crippen LogP contribution is 2.45. The van der Waals surface area contributed by atoms with Crippen molar-refractivity contribution in [2.75, 3.05) is 0 Å². The third-order valence-electron chi connectivity index (χ3n) is 3.47. The fourth-order valence-corrected chi connectivity index (χ4v) is 2.38. The summed E-state index contributed by atoms with van der Waals surface area (Å²) >= 11 is 0. The topological polar surface area (TPSA) is 63.3 Å². The van der Waals surface area contributed by atoms with Crippen LogP contribution in [-0.2, 0) is 17.1 Å². The smallest absolute Gasteiger partial charge is 0.417 e. The molecule has 0 heterocycles. The molecule has 0 bridgehead atoms. The van der Waals surface area contributed by atoms with Crippen molar-refractivity contribution >= 4 is 5.97 Å². The van der Waals surface area contributed by atoms with Gasteiger partial charge in [-0.15, -0.1) is 0 Å². The highest BCUT2D eigenvalue weighted by Gasteiger charge is 2.45. The molecule has 0 aliphatic rings. The largest absolute Gasteiger partial charge is 0.480 e. The highest BCUT2D eigenvalue weighted by molar-refractivity contribution is 5.73. The minimum absolute atomic E-state index is 0.0192. The Kier molecular flexibility index (Phi) is 5.68. The molecule has 1 aromatic rings. The van der Waals surface area contributed by atoms with Gasteiger partial charge in [-0.05, 0) is 30.4 Å². The van der Waals surface area contributed by atoms with Crippen LogP contribution < -0.4 is 5.73 Å². The standard InChI is InChI=1S/C14H15F6NO2/c1-2-7(6-10(21)12(22)23)8-4-3-5-9(13(15,16)17)11(8)14(18,19)20/h3-5,7,10H,2,6,21H2,1H3,(H,22,23). The summed E-state index contributed by atoms with van der Waals surface area (Å²) in [6.45, 7) is 1.46. The quantitative estimate of drug-likeness (QED) is 0.794. The van der Waals surface area contributed by atoms with Gasteiger partial charge in [0.25, 0.3) is 0 Å². The minimum Gasteiger partial charge on any atom is -0.480 e. The van der Waals surface area contributed by atoms with Crippen molar-refractivity contribution in [3.8, 4) is 0 Å². The number of aliphatic carboxylic acids is 1. The Morgan fingerprint density at radius 1 is 1.17 bits per heavy atom. The van der Waals surface area contributed by atoms with Crippen LogP contribution in [0.3, 0.4) is 0 Å². The van der Waals surface area contributed by atoms with Gasteiger partial charge in [0.1, 0.15) is 6.04 Å². The van der Waals surface area contributed by atoms with Gasteiger partial charge in [0.15, 0.2) is 0 Å². The summed E-state index contributed by atoms with van der Waals surface area (Å²) in [7, 11) is 0. The first-order chi connectivity index (χ1) is 10.4. The predicted octanol–water partition coefficient (Wildman–Crippen LogP) is 4.02. The molecule has 2 unspecified atom stereocenters. The maximum absolute atomic E-state index is 13.2. The van der Waals surface area contributed by atoms with Gasteiger partial charge in [-0.2, -0.15) is 26.3 Å². The van der Waals surface area contributed by atoms with Crippen LogP contribution in [-0.4, -0.2) is 17.1 Å². The zero-order chi connectivity index (χ0) is 18.0. The lowest BCUT2D eigenvalue weighted by Crippen LogP contribution is -2.32. The van der Waals surface area contributed by atoms with E-state index in [-0.39, 0.29) is 6.42 Å². The molecule has 0 saturated heterocycles. The first-order valence-corrected chi connectivity index (χ1v) is 6.65. The van der Waals surface area contributed by atoms with E-state index >= 15 is 0 Å². The highest BCUT2D eigenvalue weighted by atomic mass is 19.4. The van der Waals surface area contributed by atoms with Crippen molar-refractivity contribution in [1.29, 1.82) is 0 Å². The van der Waals surface area contributed by atoms with E-state index in [1.54, 1.807) is 0 Å². The Morgan fingerprint density at radius 2 is 1.74 bits per heavy atom. The van der Waals surface area contributed by atoms with E-state index in [1.165, 1.54) is 6.92 Å². The first kappa shape index (κ1) is 19.3. The summed E-state index contributed by atoms with van der Waals surface area (Å²) in [6, 6.07) is 0.704. The van der Waals surface area contributed by atoms with Crippen molar-refractivity contribution in [2.45, 2.75) is 44.1 Å². The van der Waals surface area contributed by atoms with Crippen LogP contribution in [0, 0.1) is 0 Å². The van der Waals surface area contributed by atoms with Crippen LogP contribution in [0.25, 0.3) is 0 Å². The molecule has 23 heavy (non-hydrogen) atoms. The summed E-state index contributed by atoms with van der Waals surface area (Å²) in [5, 5.41) is 8.76. The van der Waals surface area contributed by atoms with Crippen molar-refractivity contribution in [1.82, 2.24) is 0 Å². The molecule has 9 heteroatoms. The summed E-state index contributed by atoms with van der Waals surface area (Å²) in [5.41, 5.74) is 1.15. The minimum atomic E-state index is -5.22. The van der Waals surface area contributed by atoms with E-state index in [4.69, 9.17) is 10.8 Å². The molecule has 0 spiro atoms. The Hall–Kier alpha value is -1.77. The lowest BCUT2D eigenvalue weighted by molar-refractivity contribution is -0.162. The second kappa shape index (κ2) is 6.77. The molecular weight excluding hydrogens is 328 g/mol. The van der Waals surface area contributed by atoms with Crippen molar-refractivity contribution in [3.05, 3.63) is 34.9 Å². The van der Waals surface area contributed by atoms with E-state index in [0.717, 1.165) is 12.1 Å². The summed E-state index contributed by atoms with van der Waals surface area (Å²) in [4.78, 5) is 10.8. The van der Waals surface area contributed by atoms with Gasteiger partial charge in [0, 0.05) is 0 Å². The van der Waals surface area contributed by atoms with Crippen LogP contribution in [0.5, 0.6) is 0 Å². The molecule has 0 aromatic heterocycles. The van der Waals surface area contributed by atoms with E-state index in [1.807, 2.05) is 0 Å². The van der Waals surface area contributed by atoms with Gasteiger partial charge in [-0.1, -0.05) is 19.1 Å². The number of hydrogen-bond donors (Lipinski definition) is 2. The SMILES string of the molecule is CCC(CC(N)C(=O)O)c1cccc(C(F)(F)F)c1C(F)(F)F. The number of benzene rings is 1. The number of rotatable bonds is 5. The third-order valence-corrected chi connectivity index (χ3v) is 3.47. The molecule has 130 valence electrons. The number of hydrogen-bond acceptors (Lipinski definition) is 2. The van der Waals surface area contributed by atoms with Crippen LogP contribution in [0.4, 0.5) is 26.3 Å². The van der Waals surface area contributed by atoms with E-state index in [9.17, 15) is 31.1 Å². The van der Waals surface area contributed by atoms with E-state index < -0.39 is 53.4 Å². The van der Waals surface area contributed by atoms with Gasteiger partial charge < -0.3 is 10.8 Å². The number of carboxylic acid groups (broad SMARTS) is 1. The number of carboxylic acids is 1. The molecule has 0 amide bonds. The van der Waals surface area contributed by atoms with Crippen LogP contribution in [0.1, 0.15) is 42.4 Å². The number of alkyl halides is 6. The average Bonchev–Trinajstić information content (AvgIpc) is 2.41.